The van der Waals surface area contributed by atoms with Crippen molar-refractivity contribution in [2.75, 3.05) is 24.8 Å². The number of para-hydroxylation sites is 2. The molecule has 37 heavy (non-hydrogen) atoms. The van der Waals surface area contributed by atoms with Gasteiger partial charge in [-0.3, -0.25) is 14.2 Å². The van der Waals surface area contributed by atoms with Gasteiger partial charge in [-0.05, 0) is 74.6 Å². The highest BCUT2D eigenvalue weighted by Gasteiger charge is 2.23. The summed E-state index contributed by atoms with van der Waals surface area (Å²) in [6, 6.07) is 14.7. The molecule has 192 valence electrons. The Labute approximate surface area is 223 Å². The fourth-order valence-corrected chi connectivity index (χ4v) is 6.70. The van der Waals surface area contributed by atoms with Crippen molar-refractivity contribution in [2.45, 2.75) is 44.2 Å². The SMILES string of the molecule is CCOc1ccccc1NC(=O)CSc1nc2sc3c(c2c(=O)n1-c1ccc(OC)cc1)CCCCC3. The first-order valence-corrected chi connectivity index (χ1v) is 14.3. The van der Waals surface area contributed by atoms with Gasteiger partial charge in [0.25, 0.3) is 5.56 Å². The molecule has 1 aliphatic rings. The molecule has 0 saturated carbocycles. The summed E-state index contributed by atoms with van der Waals surface area (Å²) in [5, 5.41) is 4.14. The van der Waals surface area contributed by atoms with E-state index in [0.717, 1.165) is 41.5 Å². The predicted octanol–water partition coefficient (Wildman–Crippen LogP) is 5.85. The number of aromatic nitrogens is 2. The summed E-state index contributed by atoms with van der Waals surface area (Å²) in [6.07, 6.45) is 5.29. The fraction of sp³-hybridized carbons (Fsp3) is 0.321. The number of amides is 1. The number of carbonyl (C=O) groups excluding carboxylic acids is 1. The largest absolute Gasteiger partial charge is 0.497 e. The maximum atomic E-state index is 14.0. The van der Waals surface area contributed by atoms with Crippen LogP contribution >= 0.6 is 23.1 Å². The molecular formula is C28H29N3O4S2. The summed E-state index contributed by atoms with van der Waals surface area (Å²) in [7, 11) is 1.61. The highest BCUT2D eigenvalue weighted by atomic mass is 32.2. The number of hydrogen-bond donors (Lipinski definition) is 1. The lowest BCUT2D eigenvalue weighted by molar-refractivity contribution is -0.113. The number of rotatable bonds is 8. The highest BCUT2D eigenvalue weighted by Crippen LogP contribution is 2.35. The lowest BCUT2D eigenvalue weighted by atomic mass is 10.1. The van der Waals surface area contributed by atoms with E-state index in [4.69, 9.17) is 14.5 Å². The van der Waals surface area contributed by atoms with Crippen LogP contribution in [0.15, 0.2) is 58.5 Å². The van der Waals surface area contributed by atoms with E-state index >= 15 is 0 Å². The molecule has 0 atom stereocenters. The van der Waals surface area contributed by atoms with Gasteiger partial charge < -0.3 is 14.8 Å². The molecule has 1 amide bonds. The van der Waals surface area contributed by atoms with Crippen molar-refractivity contribution in [2.24, 2.45) is 0 Å². The van der Waals surface area contributed by atoms with E-state index in [1.165, 1.54) is 23.1 Å². The second-order valence-corrected chi connectivity index (χ2v) is 10.8. The van der Waals surface area contributed by atoms with E-state index in [1.807, 2.05) is 55.5 Å². The molecule has 2 heterocycles. The van der Waals surface area contributed by atoms with Gasteiger partial charge in [-0.1, -0.05) is 30.3 Å². The first kappa shape index (κ1) is 25.4. The molecular weight excluding hydrogens is 506 g/mol. The summed E-state index contributed by atoms with van der Waals surface area (Å²) in [6.45, 7) is 2.41. The number of aryl methyl sites for hydroxylation is 2. The average Bonchev–Trinajstić information content (AvgIpc) is 3.10. The number of nitrogens with one attached hydrogen (secondary N) is 1. The minimum atomic E-state index is -0.199. The monoisotopic (exact) mass is 535 g/mol. The van der Waals surface area contributed by atoms with Gasteiger partial charge in [0, 0.05) is 4.88 Å². The van der Waals surface area contributed by atoms with Gasteiger partial charge in [-0.15, -0.1) is 11.3 Å². The van der Waals surface area contributed by atoms with Crippen LogP contribution in [0.2, 0.25) is 0 Å². The Bertz CT molecular complexity index is 1480. The predicted molar refractivity (Wildman–Crippen MR) is 150 cm³/mol. The minimum absolute atomic E-state index is 0.0841. The number of methoxy groups -OCH3 is 1. The van der Waals surface area contributed by atoms with E-state index in [2.05, 4.69) is 5.32 Å². The molecule has 7 nitrogen and oxygen atoms in total. The number of nitrogens with zero attached hydrogens (tertiary/aromatic N) is 2. The fourth-order valence-electron chi connectivity index (χ4n) is 4.59. The van der Waals surface area contributed by atoms with E-state index in [0.29, 0.717) is 34.6 Å². The average molecular weight is 536 g/mol. The van der Waals surface area contributed by atoms with Crippen LogP contribution in [0.1, 0.15) is 36.6 Å². The van der Waals surface area contributed by atoms with Gasteiger partial charge in [-0.2, -0.15) is 0 Å². The van der Waals surface area contributed by atoms with Crippen LogP contribution in [0.5, 0.6) is 11.5 Å². The first-order chi connectivity index (χ1) is 18.1. The van der Waals surface area contributed by atoms with Crippen LogP contribution in [-0.4, -0.2) is 34.9 Å². The number of carbonyl (C=O) groups is 1. The molecule has 0 saturated heterocycles. The Balaban J connectivity index is 1.50. The smallest absolute Gasteiger partial charge is 0.267 e. The van der Waals surface area contributed by atoms with Crippen LogP contribution in [0.4, 0.5) is 5.69 Å². The number of thiophene rings is 1. The zero-order valence-corrected chi connectivity index (χ0v) is 22.5. The molecule has 0 spiro atoms. The standard InChI is InChI=1S/C28H29N3O4S2/c1-3-35-22-11-8-7-10-21(22)29-24(32)17-36-28-30-26-25(20-9-5-4-6-12-23(20)37-26)27(33)31(28)18-13-15-19(34-2)16-14-18/h7-8,10-11,13-16H,3-6,9,12,17H2,1-2H3,(H,29,32). The zero-order chi connectivity index (χ0) is 25.8. The van der Waals surface area contributed by atoms with E-state index < -0.39 is 0 Å². The molecule has 2 aromatic carbocycles. The Morgan fingerprint density at radius 1 is 1.11 bits per heavy atom. The molecule has 4 aromatic rings. The highest BCUT2D eigenvalue weighted by molar-refractivity contribution is 7.99. The van der Waals surface area contributed by atoms with Crippen LogP contribution in [-0.2, 0) is 17.6 Å². The summed E-state index contributed by atoms with van der Waals surface area (Å²) in [4.78, 5) is 33.8. The molecule has 0 aliphatic heterocycles. The molecule has 5 rings (SSSR count). The number of ether oxygens (including phenoxy) is 2. The lowest BCUT2D eigenvalue weighted by Gasteiger charge is -2.14. The Morgan fingerprint density at radius 2 is 1.89 bits per heavy atom. The van der Waals surface area contributed by atoms with Gasteiger partial charge in [0.15, 0.2) is 5.16 Å². The molecule has 2 aromatic heterocycles. The third-order valence-corrected chi connectivity index (χ3v) is 8.46. The summed E-state index contributed by atoms with van der Waals surface area (Å²) in [5.41, 5.74) is 2.38. The van der Waals surface area contributed by atoms with E-state index in [-0.39, 0.29) is 17.2 Å². The van der Waals surface area contributed by atoms with Crippen molar-refractivity contribution in [1.82, 2.24) is 9.55 Å². The van der Waals surface area contributed by atoms with Crippen molar-refractivity contribution in [3.63, 3.8) is 0 Å². The lowest BCUT2D eigenvalue weighted by Crippen LogP contribution is -2.23. The van der Waals surface area contributed by atoms with Crippen LogP contribution in [0.3, 0.4) is 0 Å². The molecule has 0 unspecified atom stereocenters. The summed E-state index contributed by atoms with van der Waals surface area (Å²) in [5.74, 6) is 1.23. The molecule has 0 radical (unpaired) electrons. The molecule has 9 heteroatoms. The number of anilines is 1. The third-order valence-electron chi connectivity index (χ3n) is 6.33. The molecule has 0 fully saturated rings. The van der Waals surface area contributed by atoms with Crippen molar-refractivity contribution >= 4 is 44.9 Å². The third kappa shape index (κ3) is 5.38. The van der Waals surface area contributed by atoms with Gasteiger partial charge in [-0.25, -0.2) is 4.98 Å². The van der Waals surface area contributed by atoms with Crippen molar-refractivity contribution in [3.8, 4) is 17.2 Å². The van der Waals surface area contributed by atoms with Crippen LogP contribution < -0.4 is 20.3 Å². The summed E-state index contributed by atoms with van der Waals surface area (Å²) < 4.78 is 12.6. The molecule has 0 bridgehead atoms. The Morgan fingerprint density at radius 3 is 2.68 bits per heavy atom. The minimum Gasteiger partial charge on any atom is -0.497 e. The normalized spacial score (nSPS) is 13.1. The number of fused-ring (bicyclic) bond motifs is 3. The van der Waals surface area contributed by atoms with Crippen molar-refractivity contribution in [1.29, 1.82) is 0 Å². The quantitative estimate of drug-likeness (QED) is 0.173. The maximum absolute atomic E-state index is 14.0. The van der Waals surface area contributed by atoms with E-state index in [1.54, 1.807) is 23.0 Å². The van der Waals surface area contributed by atoms with Crippen LogP contribution in [0.25, 0.3) is 15.9 Å². The molecule has 1 N–H and O–H groups in total. The number of thioether (sulfide) groups is 1. The maximum Gasteiger partial charge on any atom is 0.267 e. The number of benzene rings is 2. The molecule has 1 aliphatic carbocycles. The first-order valence-electron chi connectivity index (χ1n) is 12.4. The zero-order valence-electron chi connectivity index (χ0n) is 20.9. The number of hydrogen-bond acceptors (Lipinski definition) is 7. The van der Waals surface area contributed by atoms with Crippen molar-refractivity contribution < 1.29 is 14.3 Å². The van der Waals surface area contributed by atoms with Crippen LogP contribution in [0, 0.1) is 0 Å². The Hall–Kier alpha value is -3.30. The van der Waals surface area contributed by atoms with Gasteiger partial charge in [0.05, 0.1) is 36.2 Å². The Kier molecular flexibility index (Phi) is 7.81. The topological polar surface area (TPSA) is 82.5 Å². The van der Waals surface area contributed by atoms with E-state index in [9.17, 15) is 9.59 Å². The summed E-state index contributed by atoms with van der Waals surface area (Å²) >= 11 is 2.87. The van der Waals surface area contributed by atoms with Gasteiger partial charge in [0.2, 0.25) is 5.91 Å². The van der Waals surface area contributed by atoms with Gasteiger partial charge >= 0.3 is 0 Å². The van der Waals surface area contributed by atoms with Crippen molar-refractivity contribution in [3.05, 3.63) is 69.3 Å². The second kappa shape index (κ2) is 11.4. The van der Waals surface area contributed by atoms with Gasteiger partial charge in [0.1, 0.15) is 16.3 Å². The second-order valence-electron chi connectivity index (χ2n) is 8.74.